The van der Waals surface area contributed by atoms with Crippen molar-refractivity contribution in [1.82, 2.24) is 24.3 Å². The lowest BCUT2D eigenvalue weighted by molar-refractivity contribution is -0.137. The first-order valence-corrected chi connectivity index (χ1v) is 14.4. The lowest BCUT2D eigenvalue weighted by Crippen LogP contribution is -2.23. The summed E-state index contributed by atoms with van der Waals surface area (Å²) in [6.07, 6.45) is -0.359. The van der Waals surface area contributed by atoms with Crippen LogP contribution in [0.1, 0.15) is 40.2 Å². The maximum Gasteiger partial charge on any atom is 0.416 e. The third-order valence-electron chi connectivity index (χ3n) is 7.33. The summed E-state index contributed by atoms with van der Waals surface area (Å²) in [4.78, 5) is 17.2. The number of alkyl halides is 3. The summed E-state index contributed by atoms with van der Waals surface area (Å²) in [7, 11) is 0. The van der Waals surface area contributed by atoms with Crippen molar-refractivity contribution in [3.63, 3.8) is 0 Å². The van der Waals surface area contributed by atoms with Crippen LogP contribution in [0, 0.1) is 5.82 Å². The fraction of sp³-hybridized carbons (Fsp3) is 0.226. The number of rotatable bonds is 8. The molecular formula is C31H25F4N5OS. The summed E-state index contributed by atoms with van der Waals surface area (Å²) in [6, 6.07) is 19.0. The van der Waals surface area contributed by atoms with Crippen LogP contribution in [0.25, 0.3) is 11.1 Å². The van der Waals surface area contributed by atoms with E-state index in [9.17, 15) is 22.4 Å². The van der Waals surface area contributed by atoms with Gasteiger partial charge in [-0.1, -0.05) is 60.3 Å². The minimum Gasteiger partial charge on any atom is -0.316 e. The van der Waals surface area contributed by atoms with Gasteiger partial charge >= 0.3 is 6.18 Å². The molecule has 0 saturated carbocycles. The van der Waals surface area contributed by atoms with Crippen LogP contribution in [0.15, 0.2) is 89.1 Å². The van der Waals surface area contributed by atoms with E-state index in [0.29, 0.717) is 41.8 Å². The van der Waals surface area contributed by atoms with Crippen molar-refractivity contribution in [2.24, 2.45) is 0 Å². The Morgan fingerprint density at radius 2 is 1.50 bits per heavy atom. The molecule has 0 spiro atoms. The molecule has 0 unspecified atom stereocenters. The zero-order valence-corrected chi connectivity index (χ0v) is 23.1. The number of fused-ring (bicyclic) bond motifs is 1. The average molecular weight is 592 g/mol. The van der Waals surface area contributed by atoms with Crippen LogP contribution in [0.5, 0.6) is 0 Å². The Balaban J connectivity index is 1.22. The second kappa shape index (κ2) is 11.6. The highest BCUT2D eigenvalue weighted by atomic mass is 32.2. The lowest BCUT2D eigenvalue weighted by Gasteiger charge is -2.17. The maximum atomic E-state index is 13.4. The number of thioether (sulfide) groups is 1. The zero-order chi connectivity index (χ0) is 29.3. The normalized spacial score (nSPS) is 13.0. The Morgan fingerprint density at radius 3 is 2.19 bits per heavy atom. The van der Waals surface area contributed by atoms with E-state index < -0.39 is 11.7 Å². The summed E-state index contributed by atoms with van der Waals surface area (Å²) in [5.41, 5.74) is 4.24. The van der Waals surface area contributed by atoms with Gasteiger partial charge in [-0.2, -0.15) is 18.2 Å². The van der Waals surface area contributed by atoms with Crippen molar-refractivity contribution >= 4 is 11.8 Å². The molecule has 6 nitrogen and oxygen atoms in total. The molecule has 3 aromatic carbocycles. The minimum atomic E-state index is -4.37. The molecular weight excluding hydrogens is 566 g/mol. The molecule has 1 aliphatic rings. The molecule has 0 saturated heterocycles. The summed E-state index contributed by atoms with van der Waals surface area (Å²) in [5, 5.41) is 9.08. The molecule has 42 heavy (non-hydrogen) atoms. The van der Waals surface area contributed by atoms with Crippen LogP contribution >= 0.6 is 11.8 Å². The van der Waals surface area contributed by atoms with Crippen LogP contribution < -0.4 is 5.56 Å². The predicted octanol–water partition coefficient (Wildman–Crippen LogP) is 6.54. The van der Waals surface area contributed by atoms with Crippen molar-refractivity contribution in [3.05, 3.63) is 129 Å². The van der Waals surface area contributed by atoms with E-state index in [0.717, 1.165) is 52.9 Å². The standard InChI is InChI=1S/C31H25F4N5OS/c32-25-14-6-21(7-15-25)18-42-30-37-29(41)26-2-1-3-27(26)40(30)17-28-38-36-19-39(28)16-20-4-8-22(9-5-20)23-10-12-24(13-11-23)31(33,34)35/h4-15,19H,1-3,16-18H2. The van der Waals surface area contributed by atoms with Crippen LogP contribution in [0.4, 0.5) is 17.6 Å². The van der Waals surface area contributed by atoms with Gasteiger partial charge in [0.25, 0.3) is 5.56 Å². The number of hydrogen-bond acceptors (Lipinski definition) is 5. The topological polar surface area (TPSA) is 65.6 Å². The van der Waals surface area contributed by atoms with E-state index in [4.69, 9.17) is 0 Å². The van der Waals surface area contributed by atoms with Crippen molar-refractivity contribution in [2.75, 3.05) is 0 Å². The monoisotopic (exact) mass is 591 g/mol. The van der Waals surface area contributed by atoms with Gasteiger partial charge in [0, 0.05) is 17.0 Å². The highest BCUT2D eigenvalue weighted by Crippen LogP contribution is 2.31. The summed E-state index contributed by atoms with van der Waals surface area (Å²) < 4.78 is 56.1. The van der Waals surface area contributed by atoms with E-state index in [1.807, 2.05) is 33.4 Å². The molecule has 0 amide bonds. The molecule has 214 valence electrons. The first-order chi connectivity index (χ1) is 20.2. The Labute approximate surface area is 243 Å². The minimum absolute atomic E-state index is 0.199. The van der Waals surface area contributed by atoms with Crippen molar-refractivity contribution in [2.45, 2.75) is 49.4 Å². The number of nitrogens with zero attached hydrogens (tertiary/aromatic N) is 5. The van der Waals surface area contributed by atoms with Gasteiger partial charge in [-0.25, -0.2) is 4.39 Å². The second-order valence-corrected chi connectivity index (χ2v) is 11.1. The molecule has 0 fully saturated rings. The highest BCUT2D eigenvalue weighted by molar-refractivity contribution is 7.98. The van der Waals surface area contributed by atoms with Gasteiger partial charge < -0.3 is 9.13 Å². The molecule has 0 aliphatic heterocycles. The maximum absolute atomic E-state index is 13.4. The second-order valence-electron chi connectivity index (χ2n) is 10.1. The van der Waals surface area contributed by atoms with Crippen LogP contribution in [0.2, 0.25) is 0 Å². The SMILES string of the molecule is O=c1nc(SCc2ccc(F)cc2)n(Cc2nncn2Cc2ccc(-c3ccc(C(F)(F)F)cc3)cc2)c2c1CCC2. The smallest absolute Gasteiger partial charge is 0.316 e. The van der Waals surface area contributed by atoms with Gasteiger partial charge in [0.2, 0.25) is 0 Å². The van der Waals surface area contributed by atoms with Crippen molar-refractivity contribution in [3.8, 4) is 11.1 Å². The summed E-state index contributed by atoms with van der Waals surface area (Å²) in [6.45, 7) is 0.870. The number of hydrogen-bond donors (Lipinski definition) is 0. The number of aromatic nitrogens is 5. The molecule has 6 rings (SSSR count). The Kier molecular flexibility index (Phi) is 7.68. The zero-order valence-electron chi connectivity index (χ0n) is 22.3. The third-order valence-corrected chi connectivity index (χ3v) is 8.38. The number of benzene rings is 3. The average Bonchev–Trinajstić information content (AvgIpc) is 3.65. The summed E-state index contributed by atoms with van der Waals surface area (Å²) >= 11 is 1.43. The molecule has 11 heteroatoms. The molecule has 5 aromatic rings. The largest absolute Gasteiger partial charge is 0.416 e. The van der Waals surface area contributed by atoms with Crippen molar-refractivity contribution in [1.29, 1.82) is 0 Å². The van der Waals surface area contributed by atoms with Gasteiger partial charge in [0.15, 0.2) is 11.0 Å². The van der Waals surface area contributed by atoms with Crippen LogP contribution in [-0.4, -0.2) is 24.3 Å². The van der Waals surface area contributed by atoms with E-state index >= 15 is 0 Å². The van der Waals surface area contributed by atoms with Gasteiger partial charge in [-0.3, -0.25) is 4.79 Å². The fourth-order valence-electron chi connectivity index (χ4n) is 5.11. The van der Waals surface area contributed by atoms with E-state index in [1.165, 1.54) is 36.0 Å². The van der Waals surface area contributed by atoms with Gasteiger partial charge in [-0.05, 0) is 65.8 Å². The molecule has 0 atom stereocenters. The first-order valence-electron chi connectivity index (χ1n) is 13.4. The molecule has 2 heterocycles. The quantitative estimate of drug-likeness (QED) is 0.117. The first kappa shape index (κ1) is 27.9. The van der Waals surface area contributed by atoms with E-state index in [1.54, 1.807) is 18.5 Å². The highest BCUT2D eigenvalue weighted by Gasteiger charge is 2.30. The van der Waals surface area contributed by atoms with Crippen molar-refractivity contribution < 1.29 is 17.6 Å². The van der Waals surface area contributed by atoms with E-state index in [-0.39, 0.29) is 11.4 Å². The van der Waals surface area contributed by atoms with E-state index in [2.05, 4.69) is 15.2 Å². The van der Waals surface area contributed by atoms with Gasteiger partial charge in [-0.15, -0.1) is 10.2 Å². The molecule has 0 N–H and O–H groups in total. The molecule has 0 radical (unpaired) electrons. The van der Waals surface area contributed by atoms with Crippen LogP contribution in [0.3, 0.4) is 0 Å². The van der Waals surface area contributed by atoms with Crippen LogP contribution in [-0.2, 0) is 37.9 Å². The fourth-order valence-corrected chi connectivity index (χ4v) is 6.08. The predicted molar refractivity (Wildman–Crippen MR) is 152 cm³/mol. The third kappa shape index (κ3) is 6.01. The Hall–Kier alpha value is -4.25. The molecule has 1 aliphatic carbocycles. The van der Waals surface area contributed by atoms with Gasteiger partial charge in [0.05, 0.1) is 18.7 Å². The lowest BCUT2D eigenvalue weighted by atomic mass is 10.0. The van der Waals surface area contributed by atoms with Gasteiger partial charge in [0.1, 0.15) is 12.1 Å². The Morgan fingerprint density at radius 1 is 0.833 bits per heavy atom. The molecule has 0 bridgehead atoms. The Bertz CT molecular complexity index is 1760. The number of halogens is 4. The summed E-state index contributed by atoms with van der Waals surface area (Å²) in [5.74, 6) is 0.929. The molecule has 2 aromatic heterocycles.